The van der Waals surface area contributed by atoms with Gasteiger partial charge in [0.25, 0.3) is 0 Å². The Bertz CT molecular complexity index is 939. The predicted octanol–water partition coefficient (Wildman–Crippen LogP) is 5.80. The van der Waals surface area contributed by atoms with Crippen LogP contribution >= 0.6 is 20.3 Å². The van der Waals surface area contributed by atoms with Crippen molar-refractivity contribution < 1.29 is 50.8 Å². The number of nitrogens with zero attached hydrogens (tertiary/aromatic N) is 5. The number of rotatable bonds is 18. The topological polar surface area (TPSA) is 213 Å². The number of alkyl carbamates (subject to hydrolysis) is 2. The van der Waals surface area contributed by atoms with Crippen LogP contribution < -0.4 is 16.5 Å². The number of carbonyl (C=O) groups excluding carboxylic acids is 2. The summed E-state index contributed by atoms with van der Waals surface area (Å²) < 4.78 is 30.9. The van der Waals surface area contributed by atoms with Crippen LogP contribution in [-0.2, 0) is 41.2 Å². The first-order chi connectivity index (χ1) is 22.6. The van der Waals surface area contributed by atoms with Gasteiger partial charge in [-0.05, 0) is 93.5 Å². The van der Waals surface area contributed by atoms with E-state index in [9.17, 15) is 9.59 Å². The zero-order valence-electron chi connectivity index (χ0n) is 30.1. The van der Waals surface area contributed by atoms with E-state index in [0.29, 0.717) is 71.2 Å². The van der Waals surface area contributed by atoms with Crippen molar-refractivity contribution in [3.05, 3.63) is 10.4 Å². The number of terminal acetylenes is 1. The molecule has 0 atom stereocenters. The fraction of sp³-hybridized carbons (Fsp3) is 0.800. The molecule has 0 spiro atoms. The van der Waals surface area contributed by atoms with Crippen molar-refractivity contribution >= 4 is 44.5 Å². The number of hydrogen-bond donors (Lipinski definition) is 3. The van der Waals surface area contributed by atoms with Gasteiger partial charge in [0.15, 0.2) is 0 Å². The molecule has 48 heavy (non-hydrogen) atoms. The maximum absolute atomic E-state index is 11.4. The number of azide groups is 1. The molecule has 0 unspecified atom stereocenters. The van der Waals surface area contributed by atoms with Crippen LogP contribution in [0.2, 0.25) is 0 Å². The van der Waals surface area contributed by atoms with Gasteiger partial charge >= 0.3 is 45.3 Å². The van der Waals surface area contributed by atoms with E-state index in [1.54, 1.807) is 41.1 Å². The summed E-state index contributed by atoms with van der Waals surface area (Å²) in [5.41, 5.74) is 7.42. The quantitative estimate of drug-likeness (QED) is 0.0130. The second kappa shape index (κ2) is 35.9. The van der Waals surface area contributed by atoms with Gasteiger partial charge in [-0.15, -0.1) is 6.42 Å². The monoisotopic (exact) mass is 848 g/mol. The van der Waals surface area contributed by atoms with E-state index in [1.807, 2.05) is 48.5 Å². The predicted molar refractivity (Wildman–Crippen MR) is 194 cm³/mol. The number of nitrogens with one attached hydrogen (secondary N) is 2. The molecule has 0 saturated heterocycles. The second-order valence-electron chi connectivity index (χ2n) is 10.8. The van der Waals surface area contributed by atoms with Crippen molar-refractivity contribution in [2.24, 2.45) is 21.1 Å². The molecule has 0 rings (SSSR count). The van der Waals surface area contributed by atoms with Crippen LogP contribution in [0.5, 0.6) is 0 Å². The molecule has 2 amide bonds. The van der Waals surface area contributed by atoms with Crippen molar-refractivity contribution in [2.75, 3.05) is 52.6 Å². The molecule has 0 aromatic rings. The van der Waals surface area contributed by atoms with E-state index >= 15 is 0 Å². The van der Waals surface area contributed by atoms with E-state index in [1.165, 1.54) is 6.21 Å². The second-order valence-corrected chi connectivity index (χ2v) is 10.8. The molecule has 0 fully saturated rings. The number of nitrogens with two attached hydrogens (primary N) is 1. The normalized spacial score (nSPS) is 11.1. The molecule has 0 saturated carbocycles. The zero-order valence-corrected chi connectivity index (χ0v) is 33.2. The summed E-state index contributed by atoms with van der Waals surface area (Å²) in [5.74, 6) is 7.70. The van der Waals surface area contributed by atoms with E-state index in [4.69, 9.17) is 46.2 Å². The molecule has 0 aliphatic carbocycles. The molecule has 16 nitrogen and oxygen atoms in total. The van der Waals surface area contributed by atoms with Gasteiger partial charge in [-0.2, -0.15) is 5.10 Å². The Kier molecular flexibility index (Phi) is 39.3. The Hall–Kier alpha value is -2.36. The molecule has 0 aromatic carbocycles. The fourth-order valence-corrected chi connectivity index (χ4v) is 2.66. The average Bonchev–Trinajstić information content (AvgIpc) is 3.00. The fourth-order valence-electron chi connectivity index (χ4n) is 2.66. The van der Waals surface area contributed by atoms with Gasteiger partial charge in [0.2, 0.25) is 12.6 Å². The van der Waals surface area contributed by atoms with Crippen molar-refractivity contribution in [2.45, 2.75) is 106 Å². The van der Waals surface area contributed by atoms with Crippen LogP contribution in [0.3, 0.4) is 0 Å². The first kappa shape index (κ1) is 52.5. The molecule has 0 aromatic heterocycles. The van der Waals surface area contributed by atoms with Gasteiger partial charge < -0.3 is 44.9 Å². The van der Waals surface area contributed by atoms with Crippen LogP contribution in [-0.4, -0.2) is 101 Å². The SMILES string of the molecule is C#CC(OCC)OCC.CC(C)(C)OC(=O)NCCCN=[N+]=[N-].CCOC(OCC)C(C=NCCCNC(=O)OC(C)(C)C)=NN.[Cu][I]. The number of halogens is 1. The number of carbonyl (C=O) groups is 2. The number of hydrogen-bond acceptors (Lipinski definition) is 12. The minimum absolute atomic E-state index is 0.381. The molecule has 0 bridgehead atoms. The third-order valence-electron chi connectivity index (χ3n) is 4.32. The number of ether oxygens (including phenoxy) is 6. The molecule has 0 radical (unpaired) electrons. The Balaban J connectivity index is -0.000000328. The van der Waals surface area contributed by atoms with Crippen molar-refractivity contribution in [1.29, 1.82) is 0 Å². The first-order valence-corrected chi connectivity index (χ1v) is 18.4. The number of aliphatic imine (C=N–C) groups is 1. The molecule has 18 heteroatoms. The van der Waals surface area contributed by atoms with Crippen LogP contribution in [0.4, 0.5) is 9.59 Å². The minimum atomic E-state index is -0.612. The molecular formula is C30H58CuIN8O8. The summed E-state index contributed by atoms with van der Waals surface area (Å²) in [5, 5.41) is 12.2. The first-order valence-electron chi connectivity index (χ1n) is 15.4. The summed E-state index contributed by atoms with van der Waals surface area (Å²) in [6, 6.07) is 0. The summed E-state index contributed by atoms with van der Waals surface area (Å²) in [7, 11) is 0. The average molecular weight is 849 g/mol. The molecule has 4 N–H and O–H groups in total. The van der Waals surface area contributed by atoms with E-state index < -0.39 is 36.0 Å². The van der Waals surface area contributed by atoms with Crippen molar-refractivity contribution in [3.8, 4) is 12.3 Å². The number of hydrazone groups is 1. The molecule has 0 heterocycles. The summed E-state index contributed by atoms with van der Waals surface area (Å²) in [6.07, 6.45) is 5.91. The third-order valence-corrected chi connectivity index (χ3v) is 4.32. The molecule has 284 valence electrons. The summed E-state index contributed by atoms with van der Waals surface area (Å²) >= 11 is 5.87. The van der Waals surface area contributed by atoms with Crippen LogP contribution in [0.1, 0.15) is 82.1 Å². The van der Waals surface area contributed by atoms with Gasteiger partial charge in [0.1, 0.15) is 16.9 Å². The Morgan fingerprint density at radius 1 is 0.875 bits per heavy atom. The zero-order chi connectivity index (χ0) is 37.9. The standard InChI is InChI=1S/C15H30N4O4.C8H16N4O2.C7H12O2.Cu.HI/c1-6-21-13(22-7-2)12(19-16)11-17-9-8-10-18-14(20)23-15(3,4)5;1-8(2,3)14-7(13)10-5-4-6-11-12-9;1-4-7(8-5-2)9-6-3;;/h11,13H,6-10,16H2,1-5H3,(H,18,20);4-6H2,1-3H3,(H,10,13);1,7H,5-6H2,2-3H3;;1H/q;;;+1;/p-1. The van der Waals surface area contributed by atoms with E-state index in [2.05, 4.69) is 49.4 Å². The van der Waals surface area contributed by atoms with Gasteiger partial charge in [-0.25, -0.2) is 9.59 Å². The van der Waals surface area contributed by atoms with Crippen molar-refractivity contribution in [3.63, 3.8) is 0 Å². The van der Waals surface area contributed by atoms with Gasteiger partial charge in [-0.3, -0.25) is 4.99 Å². The van der Waals surface area contributed by atoms with Crippen molar-refractivity contribution in [1.82, 2.24) is 10.6 Å². The third kappa shape index (κ3) is 41.7. The maximum atomic E-state index is 11.4. The van der Waals surface area contributed by atoms with Gasteiger partial charge in [0.05, 0.1) is 0 Å². The molecule has 0 aliphatic rings. The molecule has 0 aliphatic heterocycles. The van der Waals surface area contributed by atoms with E-state index in [0.717, 1.165) is 0 Å². The van der Waals surface area contributed by atoms with Crippen LogP contribution in [0, 0.1) is 12.3 Å². The van der Waals surface area contributed by atoms with E-state index in [-0.39, 0.29) is 0 Å². The Morgan fingerprint density at radius 3 is 1.62 bits per heavy atom. The molecular weight excluding hydrogens is 791 g/mol. The summed E-state index contributed by atoms with van der Waals surface area (Å²) in [4.78, 5) is 29.3. The Morgan fingerprint density at radius 2 is 1.29 bits per heavy atom. The van der Waals surface area contributed by atoms with Gasteiger partial charge in [0, 0.05) is 63.7 Å². The Labute approximate surface area is 306 Å². The van der Waals surface area contributed by atoms with Crippen LogP contribution in [0.15, 0.2) is 15.2 Å². The van der Waals surface area contributed by atoms with Gasteiger partial charge in [-0.1, -0.05) is 5.11 Å². The number of amides is 2. The van der Waals surface area contributed by atoms with Crippen LogP contribution in [0.25, 0.3) is 10.4 Å². The summed E-state index contributed by atoms with van der Waals surface area (Å²) in [6.45, 7) is 22.3.